The number of aliphatic hydroxyl groups is 1. The Morgan fingerprint density at radius 1 is 1.29 bits per heavy atom. The predicted molar refractivity (Wildman–Crippen MR) is 97.8 cm³/mol. The molecule has 0 saturated heterocycles. The Balaban J connectivity index is 1.69. The number of nitrogens with one attached hydrogen (secondary N) is 2. The van der Waals surface area contributed by atoms with Crippen molar-refractivity contribution >= 4 is 5.91 Å². The Bertz CT molecular complexity index is 665. The molecule has 9 heteroatoms. The molecule has 3 N–H and O–H groups in total. The maximum absolute atomic E-state index is 12.7. The van der Waals surface area contributed by atoms with Gasteiger partial charge in [0.25, 0.3) is 0 Å². The van der Waals surface area contributed by atoms with Gasteiger partial charge in [-0.3, -0.25) is 15.1 Å². The number of benzene rings is 1. The van der Waals surface area contributed by atoms with Gasteiger partial charge in [0.1, 0.15) is 0 Å². The standard InChI is InChI=1S/C19H26F3N3O3/c20-19(21,22)16-4-1-3-15(13-16)14-28-24-17-6-10-25(11-7-17)18(27)5-9-23-8-2-12-26/h1,3-4,6,13,23-24,26H,2,5,7-12,14H2. The van der Waals surface area contributed by atoms with Crippen molar-refractivity contribution in [2.45, 2.75) is 32.0 Å². The Kier molecular flexibility index (Phi) is 8.75. The number of nitrogens with zero attached hydrogens (tertiary/aromatic N) is 1. The number of halogens is 3. The van der Waals surface area contributed by atoms with Crippen LogP contribution >= 0.6 is 0 Å². The molecule has 0 radical (unpaired) electrons. The average Bonchev–Trinajstić information content (AvgIpc) is 2.68. The van der Waals surface area contributed by atoms with E-state index in [1.807, 2.05) is 6.08 Å². The van der Waals surface area contributed by atoms with Crippen molar-refractivity contribution < 1.29 is 27.9 Å². The molecule has 1 aromatic carbocycles. The van der Waals surface area contributed by atoms with Gasteiger partial charge >= 0.3 is 6.18 Å². The Morgan fingerprint density at radius 3 is 2.79 bits per heavy atom. The monoisotopic (exact) mass is 401 g/mol. The number of carbonyl (C=O) groups is 1. The highest BCUT2D eigenvalue weighted by Crippen LogP contribution is 2.29. The number of amides is 1. The Morgan fingerprint density at radius 2 is 2.11 bits per heavy atom. The number of hydroxylamine groups is 1. The van der Waals surface area contributed by atoms with Gasteiger partial charge in [-0.15, -0.1) is 0 Å². The minimum absolute atomic E-state index is 0.00339. The summed E-state index contributed by atoms with van der Waals surface area (Å²) in [5.41, 5.74) is 3.28. The van der Waals surface area contributed by atoms with Crippen molar-refractivity contribution in [3.8, 4) is 0 Å². The smallest absolute Gasteiger partial charge is 0.396 e. The van der Waals surface area contributed by atoms with Gasteiger partial charge in [-0.05, 0) is 36.7 Å². The Labute approximate surface area is 162 Å². The van der Waals surface area contributed by atoms with Crippen molar-refractivity contribution in [3.63, 3.8) is 0 Å². The summed E-state index contributed by atoms with van der Waals surface area (Å²) < 4.78 is 38.1. The zero-order chi connectivity index (χ0) is 20.4. The van der Waals surface area contributed by atoms with Gasteiger partial charge in [-0.2, -0.15) is 13.2 Å². The topological polar surface area (TPSA) is 73.8 Å². The zero-order valence-corrected chi connectivity index (χ0v) is 15.6. The third kappa shape index (κ3) is 7.49. The summed E-state index contributed by atoms with van der Waals surface area (Å²) in [6, 6.07) is 5.00. The van der Waals surface area contributed by atoms with Crippen molar-refractivity contribution in [3.05, 3.63) is 47.2 Å². The van der Waals surface area contributed by atoms with Crippen LogP contribution in [0.2, 0.25) is 0 Å². The van der Waals surface area contributed by atoms with E-state index in [1.165, 1.54) is 6.07 Å². The average molecular weight is 401 g/mol. The van der Waals surface area contributed by atoms with Crippen LogP contribution in [0.1, 0.15) is 30.4 Å². The number of rotatable bonds is 10. The maximum atomic E-state index is 12.7. The molecule has 0 fully saturated rings. The van der Waals surface area contributed by atoms with Gasteiger partial charge in [0, 0.05) is 44.8 Å². The van der Waals surface area contributed by atoms with Crippen LogP contribution in [0.3, 0.4) is 0 Å². The van der Waals surface area contributed by atoms with E-state index in [9.17, 15) is 18.0 Å². The van der Waals surface area contributed by atoms with E-state index in [4.69, 9.17) is 9.94 Å². The summed E-state index contributed by atoms with van der Waals surface area (Å²) in [5.74, 6) is 0.0525. The van der Waals surface area contributed by atoms with E-state index >= 15 is 0 Å². The maximum Gasteiger partial charge on any atom is 0.416 e. The van der Waals surface area contributed by atoms with Crippen LogP contribution in [0.15, 0.2) is 36.0 Å². The van der Waals surface area contributed by atoms with E-state index < -0.39 is 11.7 Å². The summed E-state index contributed by atoms with van der Waals surface area (Å²) in [4.78, 5) is 19.2. The number of hydrogen-bond donors (Lipinski definition) is 3. The molecule has 0 aliphatic carbocycles. The molecule has 0 aromatic heterocycles. The first-order valence-electron chi connectivity index (χ1n) is 9.22. The van der Waals surface area contributed by atoms with Crippen LogP contribution in [0.25, 0.3) is 0 Å². The van der Waals surface area contributed by atoms with Gasteiger partial charge in [0.2, 0.25) is 5.91 Å². The van der Waals surface area contributed by atoms with Crippen molar-refractivity contribution in [1.82, 2.24) is 15.7 Å². The molecule has 0 atom stereocenters. The minimum atomic E-state index is -4.38. The molecule has 6 nitrogen and oxygen atoms in total. The number of alkyl halides is 3. The van der Waals surface area contributed by atoms with Gasteiger partial charge in [-0.25, -0.2) is 0 Å². The first-order chi connectivity index (χ1) is 13.4. The van der Waals surface area contributed by atoms with Crippen molar-refractivity contribution in [2.24, 2.45) is 0 Å². The highest BCUT2D eigenvalue weighted by atomic mass is 19.4. The third-order valence-corrected chi connectivity index (χ3v) is 4.29. The van der Waals surface area contributed by atoms with Gasteiger partial charge in [-0.1, -0.05) is 12.1 Å². The van der Waals surface area contributed by atoms with E-state index in [0.717, 1.165) is 17.8 Å². The SMILES string of the molecule is O=C(CCNCCCO)N1CC=C(NOCc2cccc(C(F)(F)F)c2)CC1. The fourth-order valence-corrected chi connectivity index (χ4v) is 2.72. The van der Waals surface area contributed by atoms with Crippen LogP contribution in [-0.4, -0.2) is 48.7 Å². The number of hydrogen-bond acceptors (Lipinski definition) is 5. The summed E-state index contributed by atoms with van der Waals surface area (Å²) >= 11 is 0. The van der Waals surface area contributed by atoms with Crippen LogP contribution < -0.4 is 10.8 Å². The molecule has 0 bridgehead atoms. The fraction of sp³-hybridized carbons (Fsp3) is 0.526. The quantitative estimate of drug-likeness (QED) is 0.414. The number of carbonyl (C=O) groups excluding carboxylic acids is 1. The summed E-state index contributed by atoms with van der Waals surface area (Å²) in [6.07, 6.45) is -0.886. The first-order valence-corrected chi connectivity index (χ1v) is 9.22. The van der Waals surface area contributed by atoms with E-state index in [1.54, 1.807) is 11.0 Å². The van der Waals surface area contributed by atoms with Crippen LogP contribution in [-0.2, 0) is 22.4 Å². The van der Waals surface area contributed by atoms with Crippen molar-refractivity contribution in [2.75, 3.05) is 32.8 Å². The minimum Gasteiger partial charge on any atom is -0.396 e. The van der Waals surface area contributed by atoms with Gasteiger partial charge in [0.15, 0.2) is 0 Å². The predicted octanol–water partition coefficient (Wildman–Crippen LogP) is 2.20. The molecule has 0 saturated carbocycles. The molecule has 1 aliphatic heterocycles. The molecular formula is C19H26F3N3O3. The second kappa shape index (κ2) is 11.0. The van der Waals surface area contributed by atoms with E-state index in [-0.39, 0.29) is 19.1 Å². The second-order valence-corrected chi connectivity index (χ2v) is 6.49. The van der Waals surface area contributed by atoms with Crippen molar-refractivity contribution in [1.29, 1.82) is 0 Å². The second-order valence-electron chi connectivity index (χ2n) is 6.49. The molecule has 2 rings (SSSR count). The molecule has 156 valence electrons. The lowest BCUT2D eigenvalue weighted by molar-refractivity contribution is -0.137. The fourth-order valence-electron chi connectivity index (χ4n) is 2.72. The largest absolute Gasteiger partial charge is 0.416 e. The van der Waals surface area contributed by atoms with Gasteiger partial charge in [0.05, 0.1) is 12.2 Å². The highest BCUT2D eigenvalue weighted by molar-refractivity contribution is 5.76. The molecular weight excluding hydrogens is 375 g/mol. The molecule has 1 amide bonds. The van der Waals surface area contributed by atoms with Crippen LogP contribution in [0, 0.1) is 0 Å². The lowest BCUT2D eigenvalue weighted by Gasteiger charge is -2.27. The normalized spacial score (nSPS) is 14.7. The summed E-state index contributed by atoms with van der Waals surface area (Å²) in [6.45, 7) is 2.41. The summed E-state index contributed by atoms with van der Waals surface area (Å²) in [5, 5.41) is 11.8. The number of aliphatic hydroxyl groups excluding tert-OH is 1. The molecule has 0 unspecified atom stereocenters. The highest BCUT2D eigenvalue weighted by Gasteiger charge is 2.30. The lowest BCUT2D eigenvalue weighted by Crippen LogP contribution is -2.38. The molecule has 1 aromatic rings. The first kappa shape index (κ1) is 22.2. The molecule has 1 aliphatic rings. The Hall–Kier alpha value is -2.10. The lowest BCUT2D eigenvalue weighted by atomic mass is 10.1. The zero-order valence-electron chi connectivity index (χ0n) is 15.6. The summed E-state index contributed by atoms with van der Waals surface area (Å²) in [7, 11) is 0. The van der Waals surface area contributed by atoms with Gasteiger partial charge < -0.3 is 15.3 Å². The van der Waals surface area contributed by atoms with Crippen LogP contribution in [0.4, 0.5) is 13.2 Å². The molecule has 1 heterocycles. The van der Waals surface area contributed by atoms with E-state index in [0.29, 0.717) is 51.0 Å². The van der Waals surface area contributed by atoms with E-state index in [2.05, 4.69) is 10.8 Å². The van der Waals surface area contributed by atoms with Crippen LogP contribution in [0.5, 0.6) is 0 Å². The molecule has 28 heavy (non-hydrogen) atoms. The third-order valence-electron chi connectivity index (χ3n) is 4.29. The molecule has 0 spiro atoms.